The predicted octanol–water partition coefficient (Wildman–Crippen LogP) is 8.15. The van der Waals surface area contributed by atoms with Gasteiger partial charge in [-0.1, -0.05) is 91.9 Å². The van der Waals surface area contributed by atoms with Gasteiger partial charge in [0.25, 0.3) is 0 Å². The van der Waals surface area contributed by atoms with Crippen LogP contribution in [-0.4, -0.2) is 42.6 Å². The van der Waals surface area contributed by atoms with Crippen molar-refractivity contribution in [2.24, 2.45) is 0 Å². The molecule has 1 aromatic carbocycles. The fourth-order valence-corrected chi connectivity index (χ4v) is 3.81. The summed E-state index contributed by atoms with van der Waals surface area (Å²) >= 11 is 0. The van der Waals surface area contributed by atoms with E-state index < -0.39 is 11.7 Å². The third-order valence-electron chi connectivity index (χ3n) is 5.99. The molecule has 1 aromatic rings. The van der Waals surface area contributed by atoms with Gasteiger partial charge < -0.3 is 29.2 Å². The SMILES string of the molecule is CCCCCCOc1c(OCCCC)c(O)c(C(=O)O)c(OCCCCCC)c1OCCCCCC. The van der Waals surface area contributed by atoms with E-state index in [-0.39, 0.29) is 28.6 Å². The molecule has 0 bridgehead atoms. The fraction of sp³-hybridized carbons (Fsp3) is 0.759. The smallest absolute Gasteiger partial charge is 0.343 e. The van der Waals surface area contributed by atoms with Gasteiger partial charge in [-0.2, -0.15) is 0 Å². The van der Waals surface area contributed by atoms with Gasteiger partial charge in [0.1, 0.15) is 0 Å². The average molecular weight is 511 g/mol. The molecule has 0 aliphatic rings. The third kappa shape index (κ3) is 11.2. The summed E-state index contributed by atoms with van der Waals surface area (Å²) in [6, 6.07) is 0. The first-order chi connectivity index (χ1) is 17.5. The molecule has 2 N–H and O–H groups in total. The molecule has 208 valence electrons. The number of carboxylic acid groups (broad SMARTS) is 1. The summed E-state index contributed by atoms with van der Waals surface area (Å²) in [5.74, 6) is -1.24. The summed E-state index contributed by atoms with van der Waals surface area (Å²) < 4.78 is 24.2. The number of unbranched alkanes of at least 4 members (excludes halogenated alkanes) is 10. The van der Waals surface area contributed by atoms with Crippen LogP contribution in [0.4, 0.5) is 0 Å². The Morgan fingerprint density at radius 2 is 0.889 bits per heavy atom. The van der Waals surface area contributed by atoms with Crippen LogP contribution in [0.1, 0.15) is 128 Å². The van der Waals surface area contributed by atoms with Gasteiger partial charge in [0, 0.05) is 0 Å². The lowest BCUT2D eigenvalue weighted by molar-refractivity contribution is 0.0685. The maximum atomic E-state index is 12.3. The van der Waals surface area contributed by atoms with Crippen molar-refractivity contribution in [3.05, 3.63) is 5.56 Å². The summed E-state index contributed by atoms with van der Waals surface area (Å²) in [6.07, 6.45) is 13.7. The van der Waals surface area contributed by atoms with Gasteiger partial charge >= 0.3 is 5.97 Å². The average Bonchev–Trinajstić information content (AvgIpc) is 2.86. The molecule has 0 heterocycles. The zero-order valence-corrected chi connectivity index (χ0v) is 23.2. The van der Waals surface area contributed by atoms with E-state index in [0.717, 1.165) is 89.9 Å². The van der Waals surface area contributed by atoms with Gasteiger partial charge in [-0.15, -0.1) is 0 Å². The number of rotatable bonds is 23. The minimum Gasteiger partial charge on any atom is -0.503 e. The molecular formula is C29H50O7. The summed E-state index contributed by atoms with van der Waals surface area (Å²) in [5.41, 5.74) is -0.334. The van der Waals surface area contributed by atoms with Crippen LogP contribution in [0.2, 0.25) is 0 Å². The molecule has 0 saturated heterocycles. The van der Waals surface area contributed by atoms with Crippen LogP contribution in [-0.2, 0) is 0 Å². The summed E-state index contributed by atoms with van der Waals surface area (Å²) in [6.45, 7) is 9.95. The molecule has 0 saturated carbocycles. The van der Waals surface area contributed by atoms with Crippen LogP contribution in [0, 0.1) is 0 Å². The molecular weight excluding hydrogens is 460 g/mol. The van der Waals surface area contributed by atoms with Crippen molar-refractivity contribution in [2.45, 2.75) is 118 Å². The number of benzene rings is 1. The molecule has 0 spiro atoms. The van der Waals surface area contributed by atoms with Crippen molar-refractivity contribution in [1.29, 1.82) is 0 Å². The third-order valence-corrected chi connectivity index (χ3v) is 5.99. The van der Waals surface area contributed by atoms with Crippen LogP contribution in [0.15, 0.2) is 0 Å². The Balaban J connectivity index is 3.42. The summed E-state index contributed by atoms with van der Waals surface area (Å²) in [5, 5.41) is 21.1. The predicted molar refractivity (Wildman–Crippen MR) is 144 cm³/mol. The van der Waals surface area contributed by atoms with Crippen molar-refractivity contribution in [3.8, 4) is 28.7 Å². The van der Waals surface area contributed by atoms with Gasteiger partial charge in [-0.25, -0.2) is 4.79 Å². The molecule has 1 rings (SSSR count). The van der Waals surface area contributed by atoms with Gasteiger partial charge in [0.2, 0.25) is 17.2 Å². The van der Waals surface area contributed by atoms with Crippen LogP contribution >= 0.6 is 0 Å². The van der Waals surface area contributed by atoms with Gasteiger partial charge in [-0.05, 0) is 25.7 Å². The molecule has 0 aliphatic carbocycles. The fourth-order valence-electron chi connectivity index (χ4n) is 3.81. The molecule has 36 heavy (non-hydrogen) atoms. The van der Waals surface area contributed by atoms with Crippen LogP contribution in [0.5, 0.6) is 28.7 Å². The maximum Gasteiger partial charge on any atom is 0.343 e. The lowest BCUT2D eigenvalue weighted by Gasteiger charge is -2.23. The number of hydrogen-bond acceptors (Lipinski definition) is 6. The minimum absolute atomic E-state index is 0.0261. The van der Waals surface area contributed by atoms with Crippen LogP contribution in [0.25, 0.3) is 0 Å². The van der Waals surface area contributed by atoms with E-state index in [4.69, 9.17) is 18.9 Å². The Bertz CT molecular complexity index is 733. The number of aromatic carboxylic acids is 1. The van der Waals surface area contributed by atoms with Crippen LogP contribution < -0.4 is 18.9 Å². The number of hydrogen-bond donors (Lipinski definition) is 2. The van der Waals surface area contributed by atoms with Crippen molar-refractivity contribution in [3.63, 3.8) is 0 Å². The molecule has 0 radical (unpaired) electrons. The highest BCUT2D eigenvalue weighted by atomic mass is 16.6. The van der Waals surface area contributed by atoms with E-state index in [0.29, 0.717) is 26.4 Å². The zero-order chi connectivity index (χ0) is 26.6. The second kappa shape index (κ2) is 19.8. The van der Waals surface area contributed by atoms with Gasteiger partial charge in [0.15, 0.2) is 17.1 Å². The highest BCUT2D eigenvalue weighted by Crippen LogP contribution is 2.53. The van der Waals surface area contributed by atoms with Crippen molar-refractivity contribution in [2.75, 3.05) is 26.4 Å². The Morgan fingerprint density at radius 1 is 0.528 bits per heavy atom. The van der Waals surface area contributed by atoms with E-state index in [2.05, 4.69) is 20.8 Å². The molecule has 0 amide bonds. The Morgan fingerprint density at radius 3 is 1.31 bits per heavy atom. The number of carboxylic acids is 1. The Hall–Kier alpha value is -2.31. The van der Waals surface area contributed by atoms with E-state index in [9.17, 15) is 15.0 Å². The molecule has 0 aliphatic heterocycles. The highest BCUT2D eigenvalue weighted by Gasteiger charge is 2.32. The van der Waals surface area contributed by atoms with E-state index >= 15 is 0 Å². The van der Waals surface area contributed by atoms with E-state index in [1.165, 1.54) is 0 Å². The number of ether oxygens (including phenoxy) is 4. The van der Waals surface area contributed by atoms with Gasteiger partial charge in [-0.3, -0.25) is 0 Å². The topological polar surface area (TPSA) is 94.5 Å². The second-order valence-corrected chi connectivity index (χ2v) is 9.27. The summed E-state index contributed by atoms with van der Waals surface area (Å²) in [7, 11) is 0. The lowest BCUT2D eigenvalue weighted by Crippen LogP contribution is -2.12. The molecule has 7 heteroatoms. The number of aromatic hydroxyl groups is 1. The molecule has 7 nitrogen and oxygen atoms in total. The van der Waals surface area contributed by atoms with Crippen molar-refractivity contribution >= 4 is 5.97 Å². The van der Waals surface area contributed by atoms with Gasteiger partial charge in [0.05, 0.1) is 26.4 Å². The number of carbonyl (C=O) groups is 1. The first-order valence-corrected chi connectivity index (χ1v) is 14.2. The minimum atomic E-state index is -1.29. The van der Waals surface area contributed by atoms with Crippen molar-refractivity contribution in [1.82, 2.24) is 0 Å². The van der Waals surface area contributed by atoms with Crippen molar-refractivity contribution < 1.29 is 34.0 Å². The summed E-state index contributed by atoms with van der Waals surface area (Å²) in [4.78, 5) is 12.3. The Kier molecular flexibility index (Phi) is 17.5. The molecule has 0 unspecified atom stereocenters. The molecule has 0 atom stereocenters. The quantitative estimate of drug-likeness (QED) is 0.143. The first kappa shape index (κ1) is 31.7. The molecule has 0 fully saturated rings. The lowest BCUT2D eigenvalue weighted by atomic mass is 10.1. The molecule has 0 aromatic heterocycles. The standard InChI is InChI=1S/C29H50O7/c1-5-9-13-16-20-33-25-23(29(31)32)24(30)26(34-19-12-8-4)28(36-22-18-15-11-7-3)27(25)35-21-17-14-10-6-2/h30H,5-22H2,1-4H3,(H,31,32). The first-order valence-electron chi connectivity index (χ1n) is 14.2. The number of phenols is 1. The normalized spacial score (nSPS) is 10.9. The van der Waals surface area contributed by atoms with Crippen LogP contribution in [0.3, 0.4) is 0 Å². The second-order valence-electron chi connectivity index (χ2n) is 9.27. The van der Waals surface area contributed by atoms with E-state index in [1.54, 1.807) is 0 Å². The zero-order valence-electron chi connectivity index (χ0n) is 23.2. The Labute approximate surface area is 218 Å². The largest absolute Gasteiger partial charge is 0.503 e. The monoisotopic (exact) mass is 510 g/mol. The maximum absolute atomic E-state index is 12.3. The highest BCUT2D eigenvalue weighted by molar-refractivity contribution is 5.97. The van der Waals surface area contributed by atoms with E-state index in [1.807, 2.05) is 6.92 Å².